The third-order valence-corrected chi connectivity index (χ3v) is 1.79. The van der Waals surface area contributed by atoms with Crippen LogP contribution in [0.15, 0.2) is 0 Å². The summed E-state index contributed by atoms with van der Waals surface area (Å²) in [4.78, 5) is 22.5. The number of hydrogen-bond donors (Lipinski definition) is 1. The molecule has 6 nitrogen and oxygen atoms in total. The molecule has 0 saturated carbocycles. The summed E-state index contributed by atoms with van der Waals surface area (Å²) in [5.74, 6) is -0.432. The largest absolute Gasteiger partial charge is 0.468 e. The number of carbonyl (C=O) groups excluding carboxylic acids is 2. The Balaban J connectivity index is 4.19. The standard InChI is InChI=1S/C10H20N2O4/c1-7(8(13)15-6)12(5)11-9(14)16-10(2,3)4/h7H,1-6H3,(H,11,14)/t7-/m1/s1. The van der Waals surface area contributed by atoms with Gasteiger partial charge in [-0.3, -0.25) is 10.2 Å². The molecule has 16 heavy (non-hydrogen) atoms. The van der Waals surface area contributed by atoms with Crippen molar-refractivity contribution in [1.29, 1.82) is 0 Å². The van der Waals surface area contributed by atoms with Gasteiger partial charge in [-0.15, -0.1) is 0 Å². The molecule has 1 N–H and O–H groups in total. The fourth-order valence-corrected chi connectivity index (χ4v) is 0.870. The molecule has 0 aromatic carbocycles. The summed E-state index contributed by atoms with van der Waals surface area (Å²) in [6.07, 6.45) is -0.606. The SMILES string of the molecule is COC(=O)[C@@H](C)N(C)NC(=O)OC(C)(C)C. The van der Waals surface area contributed by atoms with Crippen LogP contribution in [0.25, 0.3) is 0 Å². The predicted octanol–water partition coefficient (Wildman–Crippen LogP) is 0.919. The third kappa shape index (κ3) is 5.55. The number of nitrogens with one attached hydrogen (secondary N) is 1. The summed E-state index contributed by atoms with van der Waals surface area (Å²) in [5, 5.41) is 1.33. The number of hydrogen-bond acceptors (Lipinski definition) is 5. The maximum absolute atomic E-state index is 11.4. The van der Waals surface area contributed by atoms with E-state index in [1.807, 2.05) is 0 Å². The van der Waals surface area contributed by atoms with Crippen LogP contribution in [-0.4, -0.2) is 42.9 Å². The van der Waals surface area contributed by atoms with E-state index in [-0.39, 0.29) is 0 Å². The molecular formula is C10H20N2O4. The minimum atomic E-state index is -0.606. The summed E-state index contributed by atoms with van der Waals surface area (Å²) in [7, 11) is 2.85. The molecule has 1 atom stereocenters. The lowest BCUT2D eigenvalue weighted by molar-refractivity contribution is -0.146. The first kappa shape index (κ1) is 14.7. The smallest absolute Gasteiger partial charge is 0.422 e. The summed E-state index contributed by atoms with van der Waals surface area (Å²) in [5.41, 5.74) is 1.85. The Kier molecular flexibility index (Phi) is 5.23. The van der Waals surface area contributed by atoms with Crippen LogP contribution < -0.4 is 5.43 Å². The summed E-state index contributed by atoms with van der Waals surface area (Å²) >= 11 is 0. The number of amides is 1. The number of rotatable bonds is 3. The van der Waals surface area contributed by atoms with Gasteiger partial charge in [0.1, 0.15) is 11.6 Å². The van der Waals surface area contributed by atoms with E-state index in [1.54, 1.807) is 34.7 Å². The molecule has 0 spiro atoms. The average molecular weight is 232 g/mol. The Hall–Kier alpha value is -1.30. The van der Waals surface area contributed by atoms with Crippen molar-refractivity contribution in [3.05, 3.63) is 0 Å². The van der Waals surface area contributed by atoms with Gasteiger partial charge in [-0.1, -0.05) is 0 Å². The van der Waals surface area contributed by atoms with E-state index in [2.05, 4.69) is 10.2 Å². The zero-order valence-corrected chi connectivity index (χ0v) is 10.7. The molecule has 0 aliphatic carbocycles. The van der Waals surface area contributed by atoms with Gasteiger partial charge in [-0.2, -0.15) is 0 Å². The van der Waals surface area contributed by atoms with E-state index >= 15 is 0 Å². The molecule has 0 radical (unpaired) electrons. The highest BCUT2D eigenvalue weighted by Crippen LogP contribution is 2.06. The van der Waals surface area contributed by atoms with Crippen LogP contribution >= 0.6 is 0 Å². The highest BCUT2D eigenvalue weighted by molar-refractivity contribution is 5.75. The minimum Gasteiger partial charge on any atom is -0.468 e. The van der Waals surface area contributed by atoms with Gasteiger partial charge in [-0.25, -0.2) is 9.80 Å². The van der Waals surface area contributed by atoms with E-state index in [1.165, 1.54) is 12.1 Å². The number of ether oxygens (including phenoxy) is 2. The Labute approximate surface area is 95.9 Å². The zero-order chi connectivity index (χ0) is 12.9. The van der Waals surface area contributed by atoms with Crippen LogP contribution in [0.4, 0.5) is 4.79 Å². The Morgan fingerprint density at radius 3 is 2.19 bits per heavy atom. The third-order valence-electron chi connectivity index (χ3n) is 1.79. The molecule has 0 saturated heterocycles. The van der Waals surface area contributed by atoms with Crippen LogP contribution in [0.1, 0.15) is 27.7 Å². The lowest BCUT2D eigenvalue weighted by atomic mass is 10.2. The summed E-state index contributed by atoms with van der Waals surface area (Å²) < 4.78 is 9.57. The van der Waals surface area contributed by atoms with Crippen molar-refractivity contribution < 1.29 is 19.1 Å². The second-order valence-electron chi connectivity index (χ2n) is 4.42. The van der Waals surface area contributed by atoms with Crippen molar-refractivity contribution >= 4 is 12.1 Å². The van der Waals surface area contributed by atoms with E-state index < -0.39 is 23.7 Å². The quantitative estimate of drug-likeness (QED) is 0.579. The molecule has 0 aromatic heterocycles. The first-order chi connectivity index (χ1) is 7.17. The van der Waals surface area contributed by atoms with Gasteiger partial charge in [0, 0.05) is 7.05 Å². The highest BCUT2D eigenvalue weighted by Gasteiger charge is 2.22. The average Bonchev–Trinajstić information content (AvgIpc) is 2.12. The van der Waals surface area contributed by atoms with Crippen LogP contribution in [0, 0.1) is 0 Å². The Bertz CT molecular complexity index is 260. The molecule has 0 aliphatic rings. The summed E-state index contributed by atoms with van der Waals surface area (Å²) in [6.45, 7) is 6.89. The van der Waals surface area contributed by atoms with Crippen molar-refractivity contribution in [3.8, 4) is 0 Å². The normalized spacial score (nSPS) is 13.2. The number of methoxy groups -OCH3 is 1. The lowest BCUT2D eigenvalue weighted by Gasteiger charge is -2.26. The van der Waals surface area contributed by atoms with Crippen molar-refractivity contribution in [2.45, 2.75) is 39.3 Å². The number of nitrogens with zero attached hydrogens (tertiary/aromatic N) is 1. The number of likely N-dealkylation sites (N-methyl/N-ethyl adjacent to an activating group) is 1. The van der Waals surface area contributed by atoms with Crippen molar-refractivity contribution in [2.75, 3.05) is 14.2 Å². The maximum atomic E-state index is 11.4. The summed E-state index contributed by atoms with van der Waals surface area (Å²) in [6, 6.07) is -0.572. The maximum Gasteiger partial charge on any atom is 0.422 e. The number of carbonyl (C=O) groups is 2. The first-order valence-corrected chi connectivity index (χ1v) is 4.97. The molecule has 94 valence electrons. The van der Waals surface area contributed by atoms with E-state index in [0.29, 0.717) is 0 Å². The lowest BCUT2D eigenvalue weighted by Crippen LogP contribution is -2.49. The molecule has 0 aromatic rings. The molecular weight excluding hydrogens is 212 g/mol. The number of esters is 1. The zero-order valence-electron chi connectivity index (χ0n) is 10.7. The highest BCUT2D eigenvalue weighted by atomic mass is 16.6. The first-order valence-electron chi connectivity index (χ1n) is 4.97. The van der Waals surface area contributed by atoms with Gasteiger partial charge >= 0.3 is 12.1 Å². The van der Waals surface area contributed by atoms with E-state index in [0.717, 1.165) is 0 Å². The molecule has 0 rings (SSSR count). The van der Waals surface area contributed by atoms with Crippen LogP contribution in [0.2, 0.25) is 0 Å². The van der Waals surface area contributed by atoms with Gasteiger partial charge in [-0.05, 0) is 27.7 Å². The predicted molar refractivity (Wildman–Crippen MR) is 58.6 cm³/mol. The fraction of sp³-hybridized carbons (Fsp3) is 0.800. The molecule has 6 heteroatoms. The van der Waals surface area contributed by atoms with Crippen molar-refractivity contribution in [1.82, 2.24) is 10.4 Å². The minimum absolute atomic E-state index is 0.432. The molecule has 0 unspecified atom stereocenters. The molecule has 0 fully saturated rings. The molecule has 0 heterocycles. The van der Waals surface area contributed by atoms with E-state index in [9.17, 15) is 9.59 Å². The molecule has 1 amide bonds. The fourth-order valence-electron chi connectivity index (χ4n) is 0.870. The second kappa shape index (κ2) is 5.69. The number of hydrazine groups is 1. The second-order valence-corrected chi connectivity index (χ2v) is 4.42. The van der Waals surface area contributed by atoms with Crippen LogP contribution in [-0.2, 0) is 14.3 Å². The molecule has 0 aliphatic heterocycles. The monoisotopic (exact) mass is 232 g/mol. The van der Waals surface area contributed by atoms with Gasteiger partial charge < -0.3 is 9.47 Å². The van der Waals surface area contributed by atoms with Crippen LogP contribution in [0.5, 0.6) is 0 Å². The Morgan fingerprint density at radius 1 is 1.31 bits per heavy atom. The topological polar surface area (TPSA) is 67.9 Å². The van der Waals surface area contributed by atoms with Crippen molar-refractivity contribution in [3.63, 3.8) is 0 Å². The van der Waals surface area contributed by atoms with Crippen molar-refractivity contribution in [2.24, 2.45) is 0 Å². The molecule has 0 bridgehead atoms. The van der Waals surface area contributed by atoms with E-state index in [4.69, 9.17) is 4.74 Å². The van der Waals surface area contributed by atoms with Gasteiger partial charge in [0.25, 0.3) is 0 Å². The van der Waals surface area contributed by atoms with Gasteiger partial charge in [0.05, 0.1) is 7.11 Å². The Morgan fingerprint density at radius 2 is 1.81 bits per heavy atom. The van der Waals surface area contributed by atoms with Crippen LogP contribution in [0.3, 0.4) is 0 Å². The van der Waals surface area contributed by atoms with Gasteiger partial charge in [0.2, 0.25) is 0 Å². The van der Waals surface area contributed by atoms with Gasteiger partial charge in [0.15, 0.2) is 0 Å².